The molecule has 1 unspecified atom stereocenters. The molecule has 1 heterocycles. The van der Waals surface area contributed by atoms with E-state index in [0.717, 1.165) is 0 Å². The third kappa shape index (κ3) is 3.17. The number of carbonyl (C=O) groups excluding carboxylic acids is 1. The maximum absolute atomic E-state index is 11.6. The molecule has 1 atom stereocenters. The second kappa shape index (κ2) is 5.67. The highest BCUT2D eigenvalue weighted by molar-refractivity contribution is 7.13. The molecule has 0 aliphatic carbocycles. The highest BCUT2D eigenvalue weighted by atomic mass is 32.1. The van der Waals surface area contributed by atoms with Crippen LogP contribution in [0.15, 0.2) is 5.38 Å². The van der Waals surface area contributed by atoms with Crippen molar-refractivity contribution in [1.82, 2.24) is 10.3 Å². The monoisotopic (exact) mass is 229 g/mol. The lowest BCUT2D eigenvalue weighted by Gasteiger charge is -2.12. The van der Waals surface area contributed by atoms with Crippen LogP contribution in [-0.4, -0.2) is 35.7 Å². The number of aromatic nitrogens is 1. The van der Waals surface area contributed by atoms with Gasteiger partial charge >= 0.3 is 0 Å². The molecule has 0 aromatic carbocycles. The van der Waals surface area contributed by atoms with Crippen LogP contribution in [0, 0.1) is 0 Å². The van der Waals surface area contributed by atoms with Gasteiger partial charge in [0.15, 0.2) is 5.13 Å². The van der Waals surface area contributed by atoms with Gasteiger partial charge in [-0.1, -0.05) is 6.92 Å². The van der Waals surface area contributed by atoms with Crippen LogP contribution in [0.25, 0.3) is 0 Å². The lowest BCUT2D eigenvalue weighted by atomic mass is 10.2. The summed E-state index contributed by atoms with van der Waals surface area (Å²) in [5, 5.41) is 16.9. The van der Waals surface area contributed by atoms with Gasteiger partial charge < -0.3 is 15.7 Å². The molecule has 3 N–H and O–H groups in total. The molecule has 0 saturated carbocycles. The molecule has 0 spiro atoms. The fourth-order valence-corrected chi connectivity index (χ4v) is 1.68. The number of anilines is 1. The standard InChI is InChI=1S/C9H15N3O2S/c1-3-6(4-13)11-8(14)7-5-15-9(10-2)12-7/h5-6,13H,3-4H2,1-2H3,(H,10,12)(H,11,14). The summed E-state index contributed by atoms with van der Waals surface area (Å²) in [6, 6.07) is -0.197. The minimum atomic E-state index is -0.242. The van der Waals surface area contributed by atoms with Crippen molar-refractivity contribution < 1.29 is 9.90 Å². The van der Waals surface area contributed by atoms with Crippen LogP contribution in [0.1, 0.15) is 23.8 Å². The normalized spacial score (nSPS) is 12.2. The first kappa shape index (κ1) is 11.9. The van der Waals surface area contributed by atoms with E-state index >= 15 is 0 Å². The van der Waals surface area contributed by atoms with Crippen molar-refractivity contribution in [1.29, 1.82) is 0 Å². The van der Waals surface area contributed by atoms with Crippen LogP contribution >= 0.6 is 11.3 Å². The van der Waals surface area contributed by atoms with E-state index < -0.39 is 0 Å². The van der Waals surface area contributed by atoms with Crippen LogP contribution in [0.4, 0.5) is 5.13 Å². The Morgan fingerprint density at radius 3 is 2.93 bits per heavy atom. The third-order valence-electron chi connectivity index (χ3n) is 2.00. The van der Waals surface area contributed by atoms with Gasteiger partial charge in [-0.2, -0.15) is 0 Å². The van der Waals surface area contributed by atoms with Crippen molar-refractivity contribution in [2.24, 2.45) is 0 Å². The smallest absolute Gasteiger partial charge is 0.271 e. The molecule has 0 saturated heterocycles. The summed E-state index contributed by atoms with van der Waals surface area (Å²) in [6.45, 7) is 1.85. The molecule has 0 aliphatic heterocycles. The van der Waals surface area contributed by atoms with Gasteiger partial charge in [-0.05, 0) is 6.42 Å². The molecular weight excluding hydrogens is 214 g/mol. The summed E-state index contributed by atoms with van der Waals surface area (Å²) in [7, 11) is 1.75. The van der Waals surface area contributed by atoms with Gasteiger partial charge in [-0.3, -0.25) is 4.79 Å². The summed E-state index contributed by atoms with van der Waals surface area (Å²) in [4.78, 5) is 15.7. The number of nitrogens with one attached hydrogen (secondary N) is 2. The van der Waals surface area contributed by atoms with Crippen LogP contribution < -0.4 is 10.6 Å². The number of aliphatic hydroxyl groups excluding tert-OH is 1. The van der Waals surface area contributed by atoms with E-state index in [2.05, 4.69) is 15.6 Å². The number of hydrogen-bond acceptors (Lipinski definition) is 5. The third-order valence-corrected chi connectivity index (χ3v) is 2.86. The summed E-state index contributed by atoms with van der Waals surface area (Å²) in [6.07, 6.45) is 0.700. The highest BCUT2D eigenvalue weighted by Gasteiger charge is 2.13. The van der Waals surface area contributed by atoms with Gasteiger partial charge in [0.25, 0.3) is 5.91 Å². The second-order valence-electron chi connectivity index (χ2n) is 3.05. The lowest BCUT2D eigenvalue weighted by Crippen LogP contribution is -2.37. The molecule has 6 heteroatoms. The molecule has 5 nitrogen and oxygen atoms in total. The largest absolute Gasteiger partial charge is 0.394 e. The maximum atomic E-state index is 11.6. The van der Waals surface area contributed by atoms with Crippen molar-refractivity contribution in [3.8, 4) is 0 Å². The summed E-state index contributed by atoms with van der Waals surface area (Å²) in [5.74, 6) is -0.242. The topological polar surface area (TPSA) is 74.2 Å². The van der Waals surface area contributed by atoms with Crippen molar-refractivity contribution in [2.75, 3.05) is 19.0 Å². The highest BCUT2D eigenvalue weighted by Crippen LogP contribution is 2.14. The minimum Gasteiger partial charge on any atom is -0.394 e. The molecule has 0 fully saturated rings. The summed E-state index contributed by atoms with van der Waals surface area (Å²) < 4.78 is 0. The zero-order chi connectivity index (χ0) is 11.3. The molecule has 0 bridgehead atoms. The Kier molecular flexibility index (Phi) is 4.51. The molecule has 1 amide bonds. The minimum absolute atomic E-state index is 0.0503. The molecule has 0 radical (unpaired) electrons. The first-order chi connectivity index (χ1) is 7.21. The number of rotatable bonds is 5. The molecule has 15 heavy (non-hydrogen) atoms. The molecule has 84 valence electrons. The van der Waals surface area contributed by atoms with Gasteiger partial charge in [0.05, 0.1) is 12.6 Å². The van der Waals surface area contributed by atoms with Crippen LogP contribution in [0.3, 0.4) is 0 Å². The molecule has 0 aliphatic rings. The molecule has 1 rings (SSSR count). The quantitative estimate of drug-likeness (QED) is 0.694. The van der Waals surface area contributed by atoms with Gasteiger partial charge in [0.1, 0.15) is 5.69 Å². The maximum Gasteiger partial charge on any atom is 0.271 e. The Morgan fingerprint density at radius 2 is 2.47 bits per heavy atom. The number of nitrogens with zero attached hydrogens (tertiary/aromatic N) is 1. The van der Waals surface area contributed by atoms with Gasteiger partial charge in [-0.25, -0.2) is 4.98 Å². The first-order valence-electron chi connectivity index (χ1n) is 4.76. The summed E-state index contributed by atoms with van der Waals surface area (Å²) in [5.41, 5.74) is 0.385. The van der Waals surface area contributed by atoms with Gasteiger partial charge in [-0.15, -0.1) is 11.3 Å². The fraction of sp³-hybridized carbons (Fsp3) is 0.556. The van der Waals surface area contributed by atoms with Crippen molar-refractivity contribution in [2.45, 2.75) is 19.4 Å². The van der Waals surface area contributed by atoms with E-state index in [-0.39, 0.29) is 18.6 Å². The number of hydrogen-bond donors (Lipinski definition) is 3. The second-order valence-corrected chi connectivity index (χ2v) is 3.91. The Morgan fingerprint density at radius 1 is 1.73 bits per heavy atom. The van der Waals surface area contributed by atoms with Gasteiger partial charge in [0, 0.05) is 12.4 Å². The van der Waals surface area contributed by atoms with E-state index in [9.17, 15) is 4.79 Å². The van der Waals surface area contributed by atoms with Crippen molar-refractivity contribution in [3.05, 3.63) is 11.1 Å². The van der Waals surface area contributed by atoms with Crippen LogP contribution in [0.5, 0.6) is 0 Å². The Bertz CT molecular complexity index is 323. The first-order valence-corrected chi connectivity index (χ1v) is 5.64. The Hall–Kier alpha value is -1.14. The van der Waals surface area contributed by atoms with Crippen molar-refractivity contribution in [3.63, 3.8) is 0 Å². The molecule has 1 aromatic rings. The Balaban J connectivity index is 2.60. The number of amides is 1. The zero-order valence-electron chi connectivity index (χ0n) is 8.78. The number of thiazole rings is 1. The fourth-order valence-electron chi connectivity index (χ4n) is 1.03. The predicted octanol–water partition coefficient (Wildman–Crippen LogP) is 0.686. The van der Waals surface area contributed by atoms with E-state index in [0.29, 0.717) is 17.2 Å². The van der Waals surface area contributed by atoms with Crippen LogP contribution in [-0.2, 0) is 0 Å². The van der Waals surface area contributed by atoms with Crippen LogP contribution in [0.2, 0.25) is 0 Å². The van der Waals surface area contributed by atoms with E-state index in [4.69, 9.17) is 5.11 Å². The SMILES string of the molecule is CCC(CO)NC(=O)c1csc(NC)n1. The zero-order valence-corrected chi connectivity index (χ0v) is 9.60. The average molecular weight is 229 g/mol. The average Bonchev–Trinajstić information content (AvgIpc) is 2.74. The molecular formula is C9H15N3O2S. The van der Waals surface area contributed by atoms with E-state index in [1.54, 1.807) is 12.4 Å². The number of carbonyl (C=O) groups is 1. The lowest BCUT2D eigenvalue weighted by molar-refractivity contribution is 0.0910. The molecule has 1 aromatic heterocycles. The Labute approximate surface area is 92.5 Å². The van der Waals surface area contributed by atoms with E-state index in [1.165, 1.54) is 11.3 Å². The van der Waals surface area contributed by atoms with Crippen molar-refractivity contribution >= 4 is 22.4 Å². The summed E-state index contributed by atoms with van der Waals surface area (Å²) >= 11 is 1.37. The number of aliphatic hydroxyl groups is 1. The predicted molar refractivity (Wildman–Crippen MR) is 60.3 cm³/mol. The van der Waals surface area contributed by atoms with Gasteiger partial charge in [0.2, 0.25) is 0 Å². The van der Waals surface area contributed by atoms with E-state index in [1.807, 2.05) is 6.92 Å².